The van der Waals surface area contributed by atoms with Gasteiger partial charge in [0.05, 0.1) is 5.56 Å². The molecule has 110 valence electrons. The highest BCUT2D eigenvalue weighted by Gasteiger charge is 2.17. The Morgan fingerprint density at radius 2 is 1.64 bits per heavy atom. The van der Waals surface area contributed by atoms with Gasteiger partial charge in [0.25, 0.3) is 0 Å². The van der Waals surface area contributed by atoms with Crippen molar-refractivity contribution in [1.82, 2.24) is 0 Å². The van der Waals surface area contributed by atoms with Crippen molar-refractivity contribution in [1.29, 1.82) is 0 Å². The Balaban J connectivity index is 1.94. The van der Waals surface area contributed by atoms with Crippen LogP contribution in [0.3, 0.4) is 0 Å². The maximum Gasteiger partial charge on any atom is 0.339 e. The largest absolute Gasteiger partial charge is 0.507 e. The molecule has 0 heterocycles. The van der Waals surface area contributed by atoms with Gasteiger partial charge in [0, 0.05) is 10.8 Å². The number of phenolic OH excluding ortho intramolecular Hbond substituents is 1. The Kier molecular flexibility index (Phi) is 3.79. The SMILES string of the molecule is Cc1cc(O)c2ccccc2c1C(=O)OCc1ccccc1. The van der Waals surface area contributed by atoms with Gasteiger partial charge in [-0.25, -0.2) is 4.79 Å². The molecule has 3 heteroatoms. The van der Waals surface area contributed by atoms with Crippen molar-refractivity contribution in [3.05, 3.63) is 77.4 Å². The number of aryl methyl sites for hydroxylation is 1. The van der Waals surface area contributed by atoms with Gasteiger partial charge in [-0.3, -0.25) is 0 Å². The molecule has 0 atom stereocenters. The number of ether oxygens (including phenoxy) is 1. The van der Waals surface area contributed by atoms with E-state index in [1.807, 2.05) is 48.5 Å². The van der Waals surface area contributed by atoms with Crippen LogP contribution in [-0.2, 0) is 11.3 Å². The molecule has 0 amide bonds. The monoisotopic (exact) mass is 292 g/mol. The zero-order valence-electron chi connectivity index (χ0n) is 12.2. The Labute approximate surface area is 128 Å². The van der Waals surface area contributed by atoms with Crippen molar-refractivity contribution in [2.24, 2.45) is 0 Å². The highest BCUT2D eigenvalue weighted by molar-refractivity contribution is 6.07. The Hall–Kier alpha value is -2.81. The third kappa shape index (κ3) is 2.66. The zero-order valence-corrected chi connectivity index (χ0v) is 12.2. The van der Waals surface area contributed by atoms with Gasteiger partial charge in [-0.05, 0) is 24.1 Å². The van der Waals surface area contributed by atoms with E-state index in [0.717, 1.165) is 5.56 Å². The molecular weight excluding hydrogens is 276 g/mol. The number of carbonyl (C=O) groups excluding carboxylic acids is 1. The summed E-state index contributed by atoms with van der Waals surface area (Å²) in [6, 6.07) is 18.4. The first-order valence-electron chi connectivity index (χ1n) is 7.09. The zero-order chi connectivity index (χ0) is 15.5. The second-order valence-corrected chi connectivity index (χ2v) is 5.19. The first-order valence-corrected chi connectivity index (χ1v) is 7.09. The van der Waals surface area contributed by atoms with Crippen molar-refractivity contribution >= 4 is 16.7 Å². The van der Waals surface area contributed by atoms with E-state index >= 15 is 0 Å². The number of benzene rings is 3. The number of hydrogen-bond acceptors (Lipinski definition) is 3. The lowest BCUT2D eigenvalue weighted by Gasteiger charge is -2.11. The van der Waals surface area contributed by atoms with Gasteiger partial charge in [0.1, 0.15) is 12.4 Å². The van der Waals surface area contributed by atoms with Crippen LogP contribution in [0.5, 0.6) is 5.75 Å². The molecule has 0 aliphatic carbocycles. The second kappa shape index (κ2) is 5.90. The lowest BCUT2D eigenvalue weighted by Crippen LogP contribution is -2.08. The molecule has 3 rings (SSSR count). The maximum absolute atomic E-state index is 12.5. The van der Waals surface area contributed by atoms with Crippen molar-refractivity contribution in [2.45, 2.75) is 13.5 Å². The fourth-order valence-corrected chi connectivity index (χ4v) is 2.56. The van der Waals surface area contributed by atoms with Gasteiger partial charge >= 0.3 is 5.97 Å². The van der Waals surface area contributed by atoms with Crippen molar-refractivity contribution < 1.29 is 14.6 Å². The van der Waals surface area contributed by atoms with E-state index in [1.165, 1.54) is 0 Å². The average molecular weight is 292 g/mol. The molecule has 0 spiro atoms. The molecule has 0 unspecified atom stereocenters. The third-order valence-corrected chi connectivity index (χ3v) is 3.64. The molecule has 3 nitrogen and oxygen atoms in total. The summed E-state index contributed by atoms with van der Waals surface area (Å²) < 4.78 is 5.42. The van der Waals surface area contributed by atoms with Crippen molar-refractivity contribution in [2.75, 3.05) is 0 Å². The normalized spacial score (nSPS) is 10.6. The van der Waals surface area contributed by atoms with E-state index in [-0.39, 0.29) is 18.3 Å². The van der Waals surface area contributed by atoms with E-state index in [0.29, 0.717) is 21.9 Å². The van der Waals surface area contributed by atoms with Crippen LogP contribution in [0.1, 0.15) is 21.5 Å². The van der Waals surface area contributed by atoms with Crippen LogP contribution in [0.2, 0.25) is 0 Å². The minimum Gasteiger partial charge on any atom is -0.507 e. The van der Waals surface area contributed by atoms with Crippen LogP contribution in [-0.4, -0.2) is 11.1 Å². The van der Waals surface area contributed by atoms with Gasteiger partial charge < -0.3 is 9.84 Å². The summed E-state index contributed by atoms with van der Waals surface area (Å²) in [5.41, 5.74) is 2.15. The Morgan fingerprint density at radius 1 is 1.00 bits per heavy atom. The number of carbonyl (C=O) groups is 1. The number of rotatable bonds is 3. The summed E-state index contributed by atoms with van der Waals surface area (Å²) in [6.07, 6.45) is 0. The van der Waals surface area contributed by atoms with Crippen LogP contribution in [0.4, 0.5) is 0 Å². The predicted molar refractivity (Wildman–Crippen MR) is 85.9 cm³/mol. The molecule has 3 aromatic carbocycles. The quantitative estimate of drug-likeness (QED) is 0.735. The fraction of sp³-hybridized carbons (Fsp3) is 0.105. The molecule has 0 aromatic heterocycles. The number of hydrogen-bond donors (Lipinski definition) is 1. The van der Waals surface area contributed by atoms with E-state index in [4.69, 9.17) is 4.74 Å². The number of phenols is 1. The highest BCUT2D eigenvalue weighted by Crippen LogP contribution is 2.30. The molecule has 0 aliphatic rings. The lowest BCUT2D eigenvalue weighted by molar-refractivity contribution is 0.0474. The molecule has 0 saturated carbocycles. The average Bonchev–Trinajstić information content (AvgIpc) is 2.54. The van der Waals surface area contributed by atoms with Gasteiger partial charge in [-0.2, -0.15) is 0 Å². The molecule has 0 fully saturated rings. The third-order valence-electron chi connectivity index (χ3n) is 3.64. The van der Waals surface area contributed by atoms with Gasteiger partial charge in [0.2, 0.25) is 0 Å². The van der Waals surface area contributed by atoms with Crippen molar-refractivity contribution in [3.8, 4) is 5.75 Å². The van der Waals surface area contributed by atoms with Gasteiger partial charge in [-0.1, -0.05) is 54.6 Å². The van der Waals surface area contributed by atoms with Crippen LogP contribution in [0, 0.1) is 6.92 Å². The summed E-state index contributed by atoms with van der Waals surface area (Å²) in [7, 11) is 0. The van der Waals surface area contributed by atoms with Crippen LogP contribution in [0.15, 0.2) is 60.7 Å². The molecule has 1 N–H and O–H groups in total. The van der Waals surface area contributed by atoms with E-state index in [2.05, 4.69) is 0 Å². The van der Waals surface area contributed by atoms with Gasteiger partial charge in [0.15, 0.2) is 0 Å². The summed E-state index contributed by atoms with van der Waals surface area (Å²) in [5, 5.41) is 11.4. The number of fused-ring (bicyclic) bond motifs is 1. The minimum atomic E-state index is -0.377. The Morgan fingerprint density at radius 3 is 2.36 bits per heavy atom. The summed E-state index contributed by atoms with van der Waals surface area (Å²) >= 11 is 0. The van der Waals surface area contributed by atoms with Crippen LogP contribution >= 0.6 is 0 Å². The standard InChI is InChI=1S/C19H16O3/c1-13-11-17(20)15-9-5-6-10-16(15)18(13)19(21)22-12-14-7-3-2-4-8-14/h2-11,20H,12H2,1H3. The van der Waals surface area contributed by atoms with Crippen LogP contribution in [0.25, 0.3) is 10.8 Å². The highest BCUT2D eigenvalue weighted by atomic mass is 16.5. The summed E-state index contributed by atoms with van der Waals surface area (Å²) in [5.74, 6) is -0.203. The predicted octanol–water partition coefficient (Wildman–Crippen LogP) is 4.21. The summed E-state index contributed by atoms with van der Waals surface area (Å²) in [4.78, 5) is 12.5. The minimum absolute atomic E-state index is 0.174. The van der Waals surface area contributed by atoms with E-state index in [1.54, 1.807) is 19.1 Å². The molecule has 0 radical (unpaired) electrons. The first kappa shape index (κ1) is 14.1. The fourth-order valence-electron chi connectivity index (χ4n) is 2.56. The Bertz CT molecular complexity index is 823. The van der Waals surface area contributed by atoms with Crippen molar-refractivity contribution in [3.63, 3.8) is 0 Å². The molecule has 0 aliphatic heterocycles. The maximum atomic E-state index is 12.5. The molecule has 0 saturated heterocycles. The molecule has 3 aromatic rings. The topological polar surface area (TPSA) is 46.5 Å². The summed E-state index contributed by atoms with van der Waals surface area (Å²) in [6.45, 7) is 2.03. The molecule has 22 heavy (non-hydrogen) atoms. The number of esters is 1. The second-order valence-electron chi connectivity index (χ2n) is 5.19. The van der Waals surface area contributed by atoms with E-state index in [9.17, 15) is 9.90 Å². The number of aromatic hydroxyl groups is 1. The molecular formula is C19H16O3. The van der Waals surface area contributed by atoms with Crippen LogP contribution < -0.4 is 0 Å². The smallest absolute Gasteiger partial charge is 0.339 e. The van der Waals surface area contributed by atoms with E-state index < -0.39 is 0 Å². The lowest BCUT2D eigenvalue weighted by atomic mass is 9.99. The molecule has 0 bridgehead atoms. The first-order chi connectivity index (χ1) is 10.7. The van der Waals surface area contributed by atoms with Gasteiger partial charge in [-0.15, -0.1) is 0 Å².